The van der Waals surface area contributed by atoms with Crippen LogP contribution in [0.5, 0.6) is 11.8 Å². The van der Waals surface area contributed by atoms with Crippen molar-refractivity contribution in [3.63, 3.8) is 0 Å². The molecule has 0 spiro atoms. The van der Waals surface area contributed by atoms with Gasteiger partial charge < -0.3 is 20.2 Å². The number of hydroxylamine groups is 2. The quantitative estimate of drug-likeness (QED) is 0.643. The van der Waals surface area contributed by atoms with Crippen LogP contribution >= 0.6 is 0 Å². The lowest BCUT2D eigenvalue weighted by atomic mass is 9.94. The number of morpholine rings is 1. The SMILES string of the molecule is [C-]#[N+]c1ccc(-n2c(O)c3c(c2O)[C@]2(C)CN(O)C[C@@]3(C)O2)cc1C(F)(F)F. The molecule has 2 aliphatic heterocycles. The second-order valence-electron chi connectivity index (χ2n) is 7.43. The van der Waals surface area contributed by atoms with Crippen LogP contribution in [0.3, 0.4) is 0 Å². The summed E-state index contributed by atoms with van der Waals surface area (Å²) in [6.45, 7) is 10.2. The standard InChI is InChI=1S/C18H16F3N3O4/c1-16-7-23(27)8-17(2,28-16)13-12(16)14(25)24(15(13)26)9-4-5-11(22-3)10(6-9)18(19,20)21/h4-6,25-27H,7-8H2,1-2H3/t16-,17+. The predicted octanol–water partition coefficient (Wildman–Crippen LogP) is 3.62. The van der Waals surface area contributed by atoms with Crippen LogP contribution in [0.25, 0.3) is 10.5 Å². The molecular formula is C18H16F3N3O4. The van der Waals surface area contributed by atoms with Crippen LogP contribution < -0.4 is 0 Å². The molecule has 1 saturated heterocycles. The molecule has 0 saturated carbocycles. The van der Waals surface area contributed by atoms with Crippen molar-refractivity contribution >= 4 is 5.69 Å². The van der Waals surface area contributed by atoms with Crippen molar-refractivity contribution in [1.82, 2.24) is 9.63 Å². The molecule has 2 bridgehead atoms. The number of benzene rings is 1. The zero-order valence-electron chi connectivity index (χ0n) is 14.9. The molecule has 0 radical (unpaired) electrons. The third-order valence-electron chi connectivity index (χ3n) is 5.26. The second kappa shape index (κ2) is 5.41. The van der Waals surface area contributed by atoms with Crippen LogP contribution in [0.2, 0.25) is 0 Å². The molecule has 28 heavy (non-hydrogen) atoms. The van der Waals surface area contributed by atoms with E-state index in [0.29, 0.717) is 6.07 Å². The van der Waals surface area contributed by atoms with E-state index in [4.69, 9.17) is 11.3 Å². The van der Waals surface area contributed by atoms with Crippen LogP contribution in [0.1, 0.15) is 30.5 Å². The zero-order valence-corrected chi connectivity index (χ0v) is 14.9. The second-order valence-corrected chi connectivity index (χ2v) is 7.43. The number of hydrogen-bond donors (Lipinski definition) is 3. The fraction of sp³-hybridized carbons (Fsp3) is 0.389. The number of nitrogens with zero attached hydrogens (tertiary/aromatic N) is 3. The number of ether oxygens (including phenoxy) is 1. The zero-order chi connectivity index (χ0) is 20.6. The van der Waals surface area contributed by atoms with Gasteiger partial charge in [0.05, 0.1) is 42.0 Å². The van der Waals surface area contributed by atoms with E-state index in [1.54, 1.807) is 13.8 Å². The van der Waals surface area contributed by atoms with Gasteiger partial charge in [0.15, 0.2) is 5.69 Å². The molecule has 2 aromatic rings. The van der Waals surface area contributed by atoms with Gasteiger partial charge in [0.2, 0.25) is 11.8 Å². The minimum Gasteiger partial charge on any atom is -0.494 e. The first-order valence-electron chi connectivity index (χ1n) is 8.32. The normalized spacial score (nSPS) is 26.9. The summed E-state index contributed by atoms with van der Waals surface area (Å²) >= 11 is 0. The minimum atomic E-state index is -4.77. The van der Waals surface area contributed by atoms with E-state index in [2.05, 4.69) is 4.85 Å². The number of fused-ring (bicyclic) bond motifs is 5. The van der Waals surface area contributed by atoms with E-state index in [1.807, 2.05) is 0 Å². The van der Waals surface area contributed by atoms with Crippen LogP contribution in [-0.4, -0.2) is 38.1 Å². The van der Waals surface area contributed by atoms with Crippen molar-refractivity contribution in [3.8, 4) is 17.4 Å². The fourth-order valence-corrected chi connectivity index (χ4v) is 4.36. The van der Waals surface area contributed by atoms with Crippen molar-refractivity contribution in [2.45, 2.75) is 31.2 Å². The first kappa shape index (κ1) is 18.6. The number of aromatic hydroxyl groups is 2. The van der Waals surface area contributed by atoms with Crippen LogP contribution in [0.4, 0.5) is 18.9 Å². The Hall–Kier alpha value is -2.74. The number of halogens is 3. The van der Waals surface area contributed by atoms with Gasteiger partial charge in [-0.05, 0) is 26.0 Å². The number of aromatic nitrogens is 1. The average Bonchev–Trinajstić information content (AvgIpc) is 2.93. The van der Waals surface area contributed by atoms with Gasteiger partial charge in [0, 0.05) is 0 Å². The van der Waals surface area contributed by atoms with Crippen LogP contribution in [-0.2, 0) is 22.1 Å². The molecule has 0 amide bonds. The Balaban J connectivity index is 1.96. The molecule has 3 heterocycles. The largest absolute Gasteiger partial charge is 0.494 e. The van der Waals surface area contributed by atoms with Crippen molar-refractivity contribution in [3.05, 3.63) is 46.3 Å². The van der Waals surface area contributed by atoms with Gasteiger partial charge in [0.1, 0.15) is 11.2 Å². The van der Waals surface area contributed by atoms with E-state index in [1.165, 1.54) is 6.07 Å². The van der Waals surface area contributed by atoms with Gasteiger partial charge >= 0.3 is 6.18 Å². The maximum absolute atomic E-state index is 13.3. The third-order valence-corrected chi connectivity index (χ3v) is 5.26. The highest BCUT2D eigenvalue weighted by molar-refractivity contribution is 5.63. The van der Waals surface area contributed by atoms with Crippen molar-refractivity contribution in [2.75, 3.05) is 13.1 Å². The third kappa shape index (κ3) is 2.33. The van der Waals surface area contributed by atoms with Crippen LogP contribution in [0, 0.1) is 6.57 Å². The number of alkyl halides is 3. The molecule has 148 valence electrons. The summed E-state index contributed by atoms with van der Waals surface area (Å²) < 4.78 is 46.8. The molecule has 0 aliphatic carbocycles. The van der Waals surface area contributed by atoms with Crippen LogP contribution in [0.15, 0.2) is 18.2 Å². The van der Waals surface area contributed by atoms with E-state index < -0.39 is 40.4 Å². The van der Waals surface area contributed by atoms with Crippen molar-refractivity contribution in [1.29, 1.82) is 0 Å². The van der Waals surface area contributed by atoms with Gasteiger partial charge in [-0.1, -0.05) is 6.07 Å². The highest BCUT2D eigenvalue weighted by atomic mass is 19.4. The lowest BCUT2D eigenvalue weighted by Gasteiger charge is -2.41. The first-order valence-corrected chi connectivity index (χ1v) is 8.32. The summed E-state index contributed by atoms with van der Waals surface area (Å²) in [5.41, 5.74) is -3.78. The van der Waals surface area contributed by atoms with Gasteiger partial charge in [0.25, 0.3) is 0 Å². The highest BCUT2D eigenvalue weighted by Gasteiger charge is 2.59. The molecule has 0 unspecified atom stereocenters. The molecule has 2 aliphatic rings. The smallest absolute Gasteiger partial charge is 0.407 e. The topological polar surface area (TPSA) is 82.5 Å². The molecule has 2 atom stereocenters. The Kier molecular flexibility index (Phi) is 3.60. The molecule has 7 nitrogen and oxygen atoms in total. The molecule has 4 rings (SSSR count). The summed E-state index contributed by atoms with van der Waals surface area (Å²) in [7, 11) is 0. The summed E-state index contributed by atoms with van der Waals surface area (Å²) in [4.78, 5) is 2.89. The maximum Gasteiger partial charge on any atom is 0.407 e. The fourth-order valence-electron chi connectivity index (χ4n) is 4.36. The Morgan fingerprint density at radius 1 is 1.11 bits per heavy atom. The van der Waals surface area contributed by atoms with Gasteiger partial charge in [-0.25, -0.2) is 4.85 Å². The van der Waals surface area contributed by atoms with E-state index in [-0.39, 0.29) is 29.9 Å². The molecular weight excluding hydrogens is 379 g/mol. The lowest BCUT2D eigenvalue weighted by molar-refractivity contribution is -0.260. The molecule has 1 aromatic carbocycles. The minimum absolute atomic E-state index is 0.0110. The summed E-state index contributed by atoms with van der Waals surface area (Å²) in [6, 6.07) is 2.92. The lowest BCUT2D eigenvalue weighted by Crippen LogP contribution is -2.50. The molecule has 10 heteroatoms. The van der Waals surface area contributed by atoms with Crippen molar-refractivity contribution < 1.29 is 33.3 Å². The van der Waals surface area contributed by atoms with Gasteiger partial charge in [-0.15, -0.1) is 0 Å². The Morgan fingerprint density at radius 2 is 1.64 bits per heavy atom. The Morgan fingerprint density at radius 3 is 2.11 bits per heavy atom. The summed E-state index contributed by atoms with van der Waals surface area (Å²) in [6.07, 6.45) is -4.77. The van der Waals surface area contributed by atoms with Crippen molar-refractivity contribution in [2.24, 2.45) is 0 Å². The molecule has 3 N–H and O–H groups in total. The highest BCUT2D eigenvalue weighted by Crippen LogP contribution is 2.58. The molecule has 1 fully saturated rings. The number of rotatable bonds is 1. The van der Waals surface area contributed by atoms with E-state index in [0.717, 1.165) is 15.7 Å². The summed E-state index contributed by atoms with van der Waals surface area (Å²) in [5.74, 6) is -0.949. The molecule has 1 aromatic heterocycles. The monoisotopic (exact) mass is 395 g/mol. The van der Waals surface area contributed by atoms with E-state index in [9.17, 15) is 28.6 Å². The van der Waals surface area contributed by atoms with Gasteiger partial charge in [-0.2, -0.15) is 18.2 Å². The van der Waals surface area contributed by atoms with Gasteiger partial charge in [-0.3, -0.25) is 4.57 Å². The maximum atomic E-state index is 13.3. The predicted molar refractivity (Wildman–Crippen MR) is 89.5 cm³/mol. The summed E-state index contributed by atoms with van der Waals surface area (Å²) in [5, 5.41) is 32.6. The number of hydrogen-bond acceptors (Lipinski definition) is 5. The Labute approximate surface area is 157 Å². The van der Waals surface area contributed by atoms with E-state index >= 15 is 0 Å². The average molecular weight is 395 g/mol. The first-order chi connectivity index (χ1) is 12.9. The Bertz CT molecular complexity index is 1000.